The fourth-order valence-electron chi connectivity index (χ4n) is 9.67. The summed E-state index contributed by atoms with van der Waals surface area (Å²) in [5, 5.41) is 16.5. The number of fused-ring (bicyclic) bond motifs is 9. The Morgan fingerprint density at radius 1 is 0.306 bits per heavy atom. The summed E-state index contributed by atoms with van der Waals surface area (Å²) >= 11 is 0. The Morgan fingerprint density at radius 3 is 1.42 bits per heavy atom. The van der Waals surface area contributed by atoms with E-state index in [-0.39, 0.29) is 0 Å². The summed E-state index contributed by atoms with van der Waals surface area (Å²) in [6.45, 7) is 0. The molecule has 9 aromatic carbocycles. The Morgan fingerprint density at radius 2 is 0.790 bits per heavy atom. The van der Waals surface area contributed by atoms with Gasteiger partial charge in [0, 0.05) is 54.6 Å². The van der Waals surface area contributed by atoms with Crippen molar-refractivity contribution in [3.8, 4) is 51.0 Å². The van der Waals surface area contributed by atoms with Gasteiger partial charge in [0.2, 0.25) is 0 Å². The van der Waals surface area contributed by atoms with Gasteiger partial charge in [-0.3, -0.25) is 4.57 Å². The average molecular weight is 794 g/mol. The van der Waals surface area contributed by atoms with Crippen molar-refractivity contribution in [1.82, 2.24) is 23.9 Å². The molecule has 0 amide bonds. The number of benzene rings is 9. The van der Waals surface area contributed by atoms with Crippen molar-refractivity contribution in [2.75, 3.05) is 0 Å². The van der Waals surface area contributed by atoms with Crippen LogP contribution >= 0.6 is 0 Å². The van der Waals surface area contributed by atoms with E-state index in [0.717, 1.165) is 100 Å². The maximum absolute atomic E-state index is 6.41. The molecule has 0 aliphatic rings. The van der Waals surface area contributed by atoms with E-state index in [0.29, 0.717) is 0 Å². The van der Waals surface area contributed by atoms with Crippen LogP contribution in [0, 0.1) is 0 Å². The van der Waals surface area contributed by atoms with E-state index in [1.807, 2.05) is 48.5 Å². The van der Waals surface area contributed by atoms with Crippen molar-refractivity contribution < 1.29 is 4.42 Å². The van der Waals surface area contributed by atoms with Crippen molar-refractivity contribution in [3.63, 3.8) is 0 Å². The molecule has 0 radical (unpaired) electrons. The molecule has 62 heavy (non-hydrogen) atoms. The van der Waals surface area contributed by atoms with Gasteiger partial charge in [-0.15, -0.1) is 10.2 Å². The number of furan rings is 1. The zero-order valence-electron chi connectivity index (χ0n) is 33.4. The van der Waals surface area contributed by atoms with Crippen LogP contribution in [0.3, 0.4) is 0 Å². The van der Waals surface area contributed by atoms with Crippen LogP contribution in [-0.2, 0) is 0 Å². The van der Waals surface area contributed by atoms with Gasteiger partial charge in [-0.1, -0.05) is 158 Å². The van der Waals surface area contributed by atoms with E-state index >= 15 is 0 Å². The number of nitrogens with zero attached hydrogens (tertiary/aromatic N) is 5. The summed E-state index contributed by atoms with van der Waals surface area (Å²) in [4.78, 5) is 0. The minimum atomic E-state index is 0.785. The van der Waals surface area contributed by atoms with E-state index in [1.54, 1.807) is 0 Å². The lowest BCUT2D eigenvalue weighted by atomic mass is 10.0. The molecular weight excluding hydrogens is 759 g/mol. The Hall–Kier alpha value is -8.48. The van der Waals surface area contributed by atoms with E-state index in [9.17, 15) is 0 Å². The smallest absolute Gasteiger partial charge is 0.168 e. The molecule has 6 nitrogen and oxygen atoms in total. The summed E-state index contributed by atoms with van der Waals surface area (Å²) in [6.07, 6.45) is 0. The molecule has 13 aromatic rings. The van der Waals surface area contributed by atoms with Crippen LogP contribution in [0.15, 0.2) is 217 Å². The maximum atomic E-state index is 6.41. The van der Waals surface area contributed by atoms with Crippen LogP contribution < -0.4 is 0 Å². The van der Waals surface area contributed by atoms with E-state index < -0.39 is 0 Å². The third-order valence-corrected chi connectivity index (χ3v) is 12.4. The Labute approximate surface area is 355 Å². The molecule has 290 valence electrons. The normalized spacial score (nSPS) is 11.9. The zero-order valence-corrected chi connectivity index (χ0v) is 33.4. The number of aromatic nitrogens is 5. The fraction of sp³-hybridized carbons (Fsp3) is 0. The van der Waals surface area contributed by atoms with Gasteiger partial charge in [-0.25, -0.2) is 0 Å². The van der Waals surface area contributed by atoms with Crippen LogP contribution in [0.1, 0.15) is 0 Å². The van der Waals surface area contributed by atoms with Crippen molar-refractivity contribution in [2.45, 2.75) is 0 Å². The first-order valence-corrected chi connectivity index (χ1v) is 20.9. The summed E-state index contributed by atoms with van der Waals surface area (Å²) in [5.41, 5.74) is 13.7. The number of hydrogen-bond donors (Lipinski definition) is 0. The van der Waals surface area contributed by atoms with Crippen LogP contribution in [0.2, 0.25) is 0 Å². The molecule has 0 fully saturated rings. The van der Waals surface area contributed by atoms with E-state index in [1.165, 1.54) is 16.2 Å². The predicted octanol–water partition coefficient (Wildman–Crippen LogP) is 14.4. The lowest BCUT2D eigenvalue weighted by molar-refractivity contribution is 0.669. The average Bonchev–Trinajstić information content (AvgIpc) is 4.11. The summed E-state index contributed by atoms with van der Waals surface area (Å²) in [7, 11) is 0. The lowest BCUT2D eigenvalue weighted by Gasteiger charge is -2.19. The predicted molar refractivity (Wildman–Crippen MR) is 254 cm³/mol. The molecular formula is C56H35N5O. The highest BCUT2D eigenvalue weighted by Crippen LogP contribution is 2.43. The lowest BCUT2D eigenvalue weighted by Crippen LogP contribution is -2.03. The standard InChI is InChI=1S/C56H35N5O/c1-3-17-36(18-4-1)55-57-58-56(37-19-5-2-6-20-37)59(55)38-31-32-43-41-23-9-14-28-49(41)60(51(43)33-38)47-26-12-7-21-39(47)40-22-8-13-27-48(40)61-50-29-15-10-24-42(50)45-35-54-46(34-52(45)61)44-25-11-16-30-53(44)62-54/h1-35H. The second kappa shape index (κ2) is 13.5. The molecule has 13 rings (SSSR count). The third-order valence-electron chi connectivity index (χ3n) is 12.4. The second-order valence-electron chi connectivity index (χ2n) is 15.8. The molecule has 0 aliphatic carbocycles. The molecule has 4 heterocycles. The molecule has 6 heteroatoms. The minimum Gasteiger partial charge on any atom is -0.456 e. The topological polar surface area (TPSA) is 53.7 Å². The molecule has 0 N–H and O–H groups in total. The van der Waals surface area contributed by atoms with Crippen LogP contribution in [0.5, 0.6) is 0 Å². The molecule has 0 spiro atoms. The summed E-state index contributed by atoms with van der Waals surface area (Å²) in [5.74, 6) is 1.57. The van der Waals surface area contributed by atoms with Gasteiger partial charge >= 0.3 is 0 Å². The van der Waals surface area contributed by atoms with E-state index in [4.69, 9.17) is 14.6 Å². The van der Waals surface area contributed by atoms with Crippen molar-refractivity contribution in [3.05, 3.63) is 212 Å². The minimum absolute atomic E-state index is 0.785. The Kier molecular flexibility index (Phi) is 7.50. The highest BCUT2D eigenvalue weighted by Gasteiger charge is 2.23. The van der Waals surface area contributed by atoms with Crippen LogP contribution in [0.25, 0.3) is 117 Å². The van der Waals surface area contributed by atoms with Crippen LogP contribution in [0.4, 0.5) is 0 Å². The Balaban J connectivity index is 1.07. The van der Waals surface area contributed by atoms with Crippen molar-refractivity contribution in [2.24, 2.45) is 0 Å². The second-order valence-corrected chi connectivity index (χ2v) is 15.8. The zero-order chi connectivity index (χ0) is 40.7. The van der Waals surface area contributed by atoms with Gasteiger partial charge < -0.3 is 13.6 Å². The van der Waals surface area contributed by atoms with Gasteiger partial charge in [-0.05, 0) is 54.6 Å². The molecule has 0 saturated carbocycles. The Bertz CT molecular complexity index is 3810. The molecule has 0 aliphatic heterocycles. The van der Waals surface area contributed by atoms with E-state index in [2.05, 4.69) is 177 Å². The van der Waals surface area contributed by atoms with Gasteiger partial charge in [0.25, 0.3) is 0 Å². The first-order chi connectivity index (χ1) is 30.8. The largest absolute Gasteiger partial charge is 0.456 e. The van der Waals surface area contributed by atoms with Crippen molar-refractivity contribution >= 4 is 65.6 Å². The SMILES string of the molecule is c1ccc(-c2nnc(-c3ccccc3)n2-c2ccc3c4ccccc4n(-c4ccccc4-c4ccccc4-n4c5ccccc5c5cc6oc7ccccc7c6cc54)c3c2)cc1. The summed E-state index contributed by atoms with van der Waals surface area (Å²) in [6, 6.07) is 75.3. The molecule has 0 saturated heterocycles. The first-order valence-electron chi connectivity index (χ1n) is 20.9. The number of hydrogen-bond acceptors (Lipinski definition) is 3. The van der Waals surface area contributed by atoms with Gasteiger partial charge in [0.1, 0.15) is 11.2 Å². The fourth-order valence-corrected chi connectivity index (χ4v) is 9.67. The van der Waals surface area contributed by atoms with Crippen molar-refractivity contribution in [1.29, 1.82) is 0 Å². The van der Waals surface area contributed by atoms with Gasteiger partial charge in [0.15, 0.2) is 11.6 Å². The monoisotopic (exact) mass is 793 g/mol. The quantitative estimate of drug-likeness (QED) is 0.168. The highest BCUT2D eigenvalue weighted by molar-refractivity contribution is 6.17. The molecule has 4 aromatic heterocycles. The van der Waals surface area contributed by atoms with Gasteiger partial charge in [0.05, 0.1) is 39.1 Å². The number of para-hydroxylation sites is 5. The van der Waals surface area contributed by atoms with Gasteiger partial charge in [-0.2, -0.15) is 0 Å². The maximum Gasteiger partial charge on any atom is 0.168 e. The first kappa shape index (κ1) is 34.4. The molecule has 0 unspecified atom stereocenters. The summed E-state index contributed by atoms with van der Waals surface area (Å²) < 4.78 is 13.5. The third kappa shape index (κ3) is 5.10. The number of rotatable bonds is 6. The highest BCUT2D eigenvalue weighted by atomic mass is 16.3. The van der Waals surface area contributed by atoms with Crippen LogP contribution in [-0.4, -0.2) is 23.9 Å². The molecule has 0 atom stereocenters. The molecule has 0 bridgehead atoms.